The Morgan fingerprint density at radius 2 is 1.95 bits per heavy atom. The number of likely N-dealkylation sites (N-methyl/N-ethyl adjacent to an activating group) is 1. The highest BCUT2D eigenvalue weighted by atomic mass is 15.5. The number of allylic oxidation sites excluding steroid dienone is 1. The van der Waals surface area contributed by atoms with E-state index in [0.717, 1.165) is 49.2 Å². The maximum absolute atomic E-state index is 4.74. The van der Waals surface area contributed by atoms with Gasteiger partial charge in [-0.2, -0.15) is 0 Å². The second-order valence-corrected chi connectivity index (χ2v) is 6.17. The monoisotopic (exact) mass is 283 g/mol. The number of hydrogen-bond donors (Lipinski definition) is 1. The molecule has 0 fully saturated rings. The Labute approximate surface area is 126 Å². The summed E-state index contributed by atoms with van der Waals surface area (Å²) in [5.41, 5.74) is 3.46. The predicted octanol–water partition coefficient (Wildman–Crippen LogP) is 2.68. The van der Waals surface area contributed by atoms with Gasteiger partial charge in [-0.1, -0.05) is 26.0 Å². The maximum atomic E-state index is 4.74. The molecule has 0 radical (unpaired) electrons. The van der Waals surface area contributed by atoms with Crippen molar-refractivity contribution in [3.8, 4) is 0 Å². The maximum Gasteiger partial charge on any atom is 0.111 e. The molecule has 0 aromatic rings. The number of amidine groups is 1. The van der Waals surface area contributed by atoms with Gasteiger partial charge in [0.2, 0.25) is 0 Å². The Kier molecular flexibility index (Phi) is 10.4. The van der Waals surface area contributed by atoms with E-state index in [2.05, 4.69) is 64.5 Å². The van der Waals surface area contributed by atoms with Crippen molar-refractivity contribution < 1.29 is 4.48 Å². The molecule has 118 valence electrons. The lowest BCUT2D eigenvalue weighted by molar-refractivity contribution is -0.870. The van der Waals surface area contributed by atoms with Crippen molar-refractivity contribution in [2.24, 2.45) is 4.99 Å². The molecular weight excluding hydrogens is 248 g/mol. The highest BCUT2D eigenvalue weighted by molar-refractivity contribution is 5.81. The van der Waals surface area contributed by atoms with Gasteiger partial charge in [0.05, 0.1) is 27.7 Å². The summed E-state index contributed by atoms with van der Waals surface area (Å²) in [7, 11) is 6.68. The molecule has 0 saturated carbocycles. The second-order valence-electron chi connectivity index (χ2n) is 6.17. The number of aliphatic imine (C=N–C) groups is 1. The van der Waals surface area contributed by atoms with E-state index in [4.69, 9.17) is 4.99 Å². The molecule has 0 unspecified atom stereocenters. The molecule has 0 bridgehead atoms. The van der Waals surface area contributed by atoms with E-state index in [0.29, 0.717) is 0 Å². The molecule has 0 aromatic heterocycles. The third kappa shape index (κ3) is 11.0. The van der Waals surface area contributed by atoms with Crippen LogP contribution in [0.4, 0.5) is 0 Å². The fourth-order valence-corrected chi connectivity index (χ4v) is 1.84. The third-order valence-electron chi connectivity index (χ3n) is 3.01. The minimum absolute atomic E-state index is 0.916. The summed E-state index contributed by atoms with van der Waals surface area (Å²) >= 11 is 0. The van der Waals surface area contributed by atoms with Crippen molar-refractivity contribution >= 4 is 5.84 Å². The molecule has 0 aliphatic rings. The molecule has 4 heteroatoms. The average Bonchev–Trinajstić information content (AvgIpc) is 2.38. The highest BCUT2D eigenvalue weighted by Crippen LogP contribution is 1.97. The normalized spacial score (nSPS) is 13.4. The molecule has 0 saturated heterocycles. The van der Waals surface area contributed by atoms with Gasteiger partial charge in [0.25, 0.3) is 0 Å². The molecular formula is C16H35N4+. The van der Waals surface area contributed by atoms with Crippen molar-refractivity contribution in [3.63, 3.8) is 0 Å². The molecule has 0 spiro atoms. The van der Waals surface area contributed by atoms with E-state index < -0.39 is 0 Å². The van der Waals surface area contributed by atoms with Crippen LogP contribution in [0.2, 0.25) is 0 Å². The molecule has 0 amide bonds. The van der Waals surface area contributed by atoms with Gasteiger partial charge in [-0.05, 0) is 13.3 Å². The van der Waals surface area contributed by atoms with E-state index in [9.17, 15) is 0 Å². The van der Waals surface area contributed by atoms with Crippen LogP contribution in [-0.2, 0) is 0 Å². The first-order valence-corrected chi connectivity index (χ1v) is 7.89. The molecule has 4 nitrogen and oxygen atoms in total. The fourth-order valence-electron chi connectivity index (χ4n) is 1.84. The van der Waals surface area contributed by atoms with Crippen LogP contribution in [0.5, 0.6) is 0 Å². The van der Waals surface area contributed by atoms with Gasteiger partial charge in [0.1, 0.15) is 5.84 Å². The molecule has 1 N–H and O–H groups in total. The van der Waals surface area contributed by atoms with Gasteiger partial charge in [0, 0.05) is 32.5 Å². The Balaban J connectivity index is 4.31. The van der Waals surface area contributed by atoms with E-state index >= 15 is 0 Å². The first kappa shape index (κ1) is 19.1. The topological polar surface area (TPSA) is 27.6 Å². The zero-order chi connectivity index (χ0) is 15.4. The van der Waals surface area contributed by atoms with Crippen LogP contribution in [0.3, 0.4) is 0 Å². The van der Waals surface area contributed by atoms with Gasteiger partial charge in [0.15, 0.2) is 0 Å². The van der Waals surface area contributed by atoms with E-state index in [1.807, 2.05) is 0 Å². The average molecular weight is 283 g/mol. The Bertz CT molecular complexity index is 289. The van der Waals surface area contributed by atoms with Gasteiger partial charge in [-0.25, -0.2) is 5.01 Å². The summed E-state index contributed by atoms with van der Waals surface area (Å²) in [6, 6.07) is 0. The number of nitrogens with one attached hydrogen (secondary N) is 1. The fraction of sp³-hybridized carbons (Fsp3) is 0.812. The van der Waals surface area contributed by atoms with Gasteiger partial charge >= 0.3 is 0 Å². The van der Waals surface area contributed by atoms with Crippen molar-refractivity contribution in [2.75, 3.05) is 47.3 Å². The lowest BCUT2D eigenvalue weighted by Gasteiger charge is -2.24. The SMILES string of the molecule is CC=CCN(CC)NC(CCC)=NCCC[N+](C)(C)C. The minimum atomic E-state index is 0.916. The molecule has 0 aromatic carbocycles. The smallest absolute Gasteiger partial charge is 0.111 e. The molecule has 0 aliphatic carbocycles. The summed E-state index contributed by atoms with van der Waals surface area (Å²) in [5, 5.41) is 2.20. The number of rotatable bonds is 10. The number of quaternary nitrogens is 1. The molecule has 0 aliphatic heterocycles. The standard InChI is InChI=1S/C16H35N4/c1-7-10-14-19(9-3)18-16(12-8-2)17-13-11-15-20(4,5)6/h7,10H,8-9,11-15H2,1-6H3,(H,17,18)/q+1. The minimum Gasteiger partial charge on any atom is -0.331 e. The Hall–Kier alpha value is -0.870. The van der Waals surface area contributed by atoms with Crippen molar-refractivity contribution in [3.05, 3.63) is 12.2 Å². The van der Waals surface area contributed by atoms with Crippen LogP contribution in [0.25, 0.3) is 0 Å². The zero-order valence-electron chi connectivity index (χ0n) is 14.4. The van der Waals surface area contributed by atoms with Crippen LogP contribution >= 0.6 is 0 Å². The summed E-state index contributed by atoms with van der Waals surface area (Å²) in [6.07, 6.45) is 7.54. The largest absolute Gasteiger partial charge is 0.331 e. The first-order chi connectivity index (χ1) is 9.42. The molecule has 0 rings (SSSR count). The summed E-state index contributed by atoms with van der Waals surface area (Å²) < 4.78 is 1.01. The Morgan fingerprint density at radius 1 is 1.25 bits per heavy atom. The van der Waals surface area contributed by atoms with Crippen molar-refractivity contribution in [2.45, 2.75) is 40.0 Å². The van der Waals surface area contributed by atoms with E-state index in [1.54, 1.807) is 0 Å². The van der Waals surface area contributed by atoms with Gasteiger partial charge in [-0.3, -0.25) is 4.99 Å². The predicted molar refractivity (Wildman–Crippen MR) is 89.9 cm³/mol. The lowest BCUT2D eigenvalue weighted by Crippen LogP contribution is -2.42. The molecule has 0 heterocycles. The lowest BCUT2D eigenvalue weighted by atomic mass is 10.3. The van der Waals surface area contributed by atoms with Crippen LogP contribution in [0, 0.1) is 0 Å². The van der Waals surface area contributed by atoms with Crippen molar-refractivity contribution in [1.29, 1.82) is 0 Å². The summed E-state index contributed by atoms with van der Waals surface area (Å²) in [6.45, 7) is 10.4. The van der Waals surface area contributed by atoms with E-state index in [-0.39, 0.29) is 0 Å². The number of hydrogen-bond acceptors (Lipinski definition) is 2. The zero-order valence-corrected chi connectivity index (χ0v) is 14.4. The number of hydrazine groups is 1. The van der Waals surface area contributed by atoms with Crippen LogP contribution in [0.1, 0.15) is 40.0 Å². The van der Waals surface area contributed by atoms with E-state index in [1.165, 1.54) is 6.54 Å². The van der Waals surface area contributed by atoms with Crippen LogP contribution < -0.4 is 5.43 Å². The quantitative estimate of drug-likeness (QED) is 0.167. The van der Waals surface area contributed by atoms with Gasteiger partial charge in [-0.15, -0.1) is 0 Å². The summed E-state index contributed by atoms with van der Waals surface area (Å²) in [4.78, 5) is 4.74. The molecule has 0 atom stereocenters. The first-order valence-electron chi connectivity index (χ1n) is 7.89. The summed E-state index contributed by atoms with van der Waals surface area (Å²) in [5.74, 6) is 1.13. The van der Waals surface area contributed by atoms with Crippen LogP contribution in [0.15, 0.2) is 17.1 Å². The Morgan fingerprint density at radius 3 is 2.45 bits per heavy atom. The second kappa shape index (κ2) is 10.9. The molecule has 20 heavy (non-hydrogen) atoms. The van der Waals surface area contributed by atoms with Crippen LogP contribution in [-0.4, -0.2) is 62.6 Å². The van der Waals surface area contributed by atoms with Gasteiger partial charge < -0.3 is 9.91 Å². The highest BCUT2D eigenvalue weighted by Gasteiger charge is 2.06. The third-order valence-corrected chi connectivity index (χ3v) is 3.01. The number of nitrogens with zero attached hydrogens (tertiary/aromatic N) is 3. The van der Waals surface area contributed by atoms with Crippen molar-refractivity contribution in [1.82, 2.24) is 10.4 Å².